The van der Waals surface area contributed by atoms with Gasteiger partial charge in [0.25, 0.3) is 0 Å². The quantitative estimate of drug-likeness (QED) is 0.827. The topological polar surface area (TPSA) is 77.2 Å². The standard InChI is InChI=1S/C13H19NO3S/c1-9(2)18(16,17)12-6-4-11(5-7-12)13(15)8-10(3)14/h4-7,9-10H,8,14H2,1-3H3. The van der Waals surface area contributed by atoms with Gasteiger partial charge in [-0.05, 0) is 32.9 Å². The predicted octanol–water partition coefficient (Wildman–Crippen LogP) is 1.79. The second-order valence-corrected chi connectivity index (χ2v) is 7.23. The lowest BCUT2D eigenvalue weighted by molar-refractivity contribution is 0.0976. The van der Waals surface area contributed by atoms with Crippen molar-refractivity contribution in [1.82, 2.24) is 0 Å². The largest absolute Gasteiger partial charge is 0.328 e. The van der Waals surface area contributed by atoms with Crippen LogP contribution in [0, 0.1) is 0 Å². The van der Waals surface area contributed by atoms with Crippen LogP contribution in [-0.2, 0) is 9.84 Å². The van der Waals surface area contributed by atoms with Crippen LogP contribution in [0.4, 0.5) is 0 Å². The molecule has 0 aliphatic carbocycles. The van der Waals surface area contributed by atoms with E-state index in [-0.39, 0.29) is 23.1 Å². The fourth-order valence-electron chi connectivity index (χ4n) is 1.51. The summed E-state index contributed by atoms with van der Waals surface area (Å²) < 4.78 is 23.8. The fraction of sp³-hybridized carbons (Fsp3) is 0.462. The van der Waals surface area contributed by atoms with Crippen molar-refractivity contribution in [1.29, 1.82) is 0 Å². The van der Waals surface area contributed by atoms with Crippen LogP contribution in [0.3, 0.4) is 0 Å². The van der Waals surface area contributed by atoms with Gasteiger partial charge in [-0.1, -0.05) is 12.1 Å². The van der Waals surface area contributed by atoms with Crippen molar-refractivity contribution < 1.29 is 13.2 Å². The van der Waals surface area contributed by atoms with Gasteiger partial charge in [0.2, 0.25) is 0 Å². The first kappa shape index (κ1) is 14.9. The van der Waals surface area contributed by atoms with E-state index >= 15 is 0 Å². The number of Topliss-reactive ketones (excluding diaryl/α,β-unsaturated/α-hetero) is 1. The maximum atomic E-state index is 11.9. The molecule has 0 saturated heterocycles. The van der Waals surface area contributed by atoms with Crippen LogP contribution >= 0.6 is 0 Å². The minimum Gasteiger partial charge on any atom is -0.328 e. The zero-order valence-corrected chi connectivity index (χ0v) is 11.7. The molecule has 0 radical (unpaired) electrons. The molecule has 0 heterocycles. The van der Waals surface area contributed by atoms with Crippen LogP contribution < -0.4 is 5.73 Å². The average Bonchev–Trinajstić information content (AvgIpc) is 2.28. The number of hydrogen-bond acceptors (Lipinski definition) is 4. The Balaban J connectivity index is 2.97. The smallest absolute Gasteiger partial charge is 0.180 e. The molecule has 0 saturated carbocycles. The molecule has 0 spiro atoms. The number of benzene rings is 1. The van der Waals surface area contributed by atoms with Crippen LogP contribution in [0.1, 0.15) is 37.6 Å². The minimum atomic E-state index is -3.28. The molecule has 0 aliphatic heterocycles. The van der Waals surface area contributed by atoms with Gasteiger partial charge in [0.05, 0.1) is 10.1 Å². The zero-order chi connectivity index (χ0) is 13.9. The number of nitrogens with two attached hydrogens (primary N) is 1. The molecule has 5 heteroatoms. The molecule has 0 amide bonds. The predicted molar refractivity (Wildman–Crippen MR) is 71.4 cm³/mol. The fourth-order valence-corrected chi connectivity index (χ4v) is 2.57. The molecule has 18 heavy (non-hydrogen) atoms. The third kappa shape index (κ3) is 3.40. The van der Waals surface area contributed by atoms with Gasteiger partial charge in [-0.25, -0.2) is 8.42 Å². The van der Waals surface area contributed by atoms with E-state index in [2.05, 4.69) is 0 Å². The van der Waals surface area contributed by atoms with Crippen LogP contribution in [-0.4, -0.2) is 25.5 Å². The SMILES string of the molecule is CC(N)CC(=O)c1ccc(S(=O)(=O)C(C)C)cc1. The Bertz CT molecular complexity index is 516. The Morgan fingerprint density at radius 3 is 2.06 bits per heavy atom. The first-order chi connectivity index (χ1) is 8.25. The lowest BCUT2D eigenvalue weighted by Crippen LogP contribution is -2.19. The first-order valence-electron chi connectivity index (χ1n) is 5.88. The molecule has 100 valence electrons. The molecular weight excluding hydrogens is 250 g/mol. The van der Waals surface area contributed by atoms with Crippen molar-refractivity contribution in [3.63, 3.8) is 0 Å². The molecule has 4 nitrogen and oxygen atoms in total. The van der Waals surface area contributed by atoms with E-state index in [1.807, 2.05) is 0 Å². The van der Waals surface area contributed by atoms with Crippen molar-refractivity contribution in [3.8, 4) is 0 Å². The molecule has 1 unspecified atom stereocenters. The molecule has 0 aliphatic rings. The summed E-state index contributed by atoms with van der Waals surface area (Å²) in [5.41, 5.74) is 6.05. The summed E-state index contributed by atoms with van der Waals surface area (Å²) in [4.78, 5) is 12.0. The van der Waals surface area contributed by atoms with Gasteiger partial charge in [-0.3, -0.25) is 4.79 Å². The molecule has 1 aromatic rings. The molecule has 0 aromatic heterocycles. The van der Waals surface area contributed by atoms with Crippen LogP contribution in [0.2, 0.25) is 0 Å². The van der Waals surface area contributed by atoms with E-state index in [0.717, 1.165) is 0 Å². The van der Waals surface area contributed by atoms with Gasteiger partial charge in [-0.15, -0.1) is 0 Å². The van der Waals surface area contributed by atoms with Gasteiger partial charge in [0.15, 0.2) is 15.6 Å². The lowest BCUT2D eigenvalue weighted by Gasteiger charge is -2.09. The second kappa shape index (κ2) is 5.63. The van der Waals surface area contributed by atoms with Gasteiger partial charge in [-0.2, -0.15) is 0 Å². The number of sulfone groups is 1. The monoisotopic (exact) mass is 269 g/mol. The van der Waals surface area contributed by atoms with Crippen molar-refractivity contribution in [3.05, 3.63) is 29.8 Å². The highest BCUT2D eigenvalue weighted by Gasteiger charge is 2.19. The third-order valence-electron chi connectivity index (χ3n) is 2.63. The molecule has 2 N–H and O–H groups in total. The molecule has 0 fully saturated rings. The number of carbonyl (C=O) groups excluding carboxylic acids is 1. The lowest BCUT2D eigenvalue weighted by atomic mass is 10.1. The minimum absolute atomic E-state index is 0.0708. The molecule has 1 aromatic carbocycles. The van der Waals surface area contributed by atoms with E-state index in [1.165, 1.54) is 12.1 Å². The van der Waals surface area contributed by atoms with E-state index in [9.17, 15) is 13.2 Å². The van der Waals surface area contributed by atoms with Gasteiger partial charge < -0.3 is 5.73 Å². The normalized spacial score (nSPS) is 13.6. The van der Waals surface area contributed by atoms with E-state index in [4.69, 9.17) is 5.73 Å². The van der Waals surface area contributed by atoms with Gasteiger partial charge in [0.1, 0.15) is 0 Å². The Morgan fingerprint density at radius 1 is 1.17 bits per heavy atom. The summed E-state index contributed by atoms with van der Waals surface area (Å²) in [6, 6.07) is 5.84. The van der Waals surface area contributed by atoms with E-state index in [0.29, 0.717) is 5.56 Å². The molecule has 1 atom stereocenters. The summed E-state index contributed by atoms with van der Waals surface area (Å²) >= 11 is 0. The van der Waals surface area contributed by atoms with Crippen molar-refractivity contribution in [2.75, 3.05) is 0 Å². The maximum Gasteiger partial charge on any atom is 0.180 e. The number of rotatable bonds is 5. The summed E-state index contributed by atoms with van der Waals surface area (Å²) in [6.07, 6.45) is 0.260. The van der Waals surface area contributed by atoms with Crippen molar-refractivity contribution in [2.45, 2.75) is 43.4 Å². The highest BCUT2D eigenvalue weighted by atomic mass is 32.2. The molecular formula is C13H19NO3S. The maximum absolute atomic E-state index is 11.9. The Labute approximate surface area is 108 Å². The highest BCUT2D eigenvalue weighted by molar-refractivity contribution is 7.92. The molecule has 1 rings (SSSR count). The van der Waals surface area contributed by atoms with Crippen molar-refractivity contribution in [2.24, 2.45) is 5.73 Å². The van der Waals surface area contributed by atoms with E-state index in [1.54, 1.807) is 32.9 Å². The summed E-state index contributed by atoms with van der Waals surface area (Å²) in [5, 5.41) is -0.469. The summed E-state index contributed by atoms with van der Waals surface area (Å²) in [7, 11) is -3.28. The zero-order valence-electron chi connectivity index (χ0n) is 10.9. The number of ketones is 1. The number of hydrogen-bond donors (Lipinski definition) is 1. The highest BCUT2D eigenvalue weighted by Crippen LogP contribution is 2.17. The van der Waals surface area contributed by atoms with Crippen LogP contribution in [0.15, 0.2) is 29.2 Å². The first-order valence-corrected chi connectivity index (χ1v) is 7.42. The van der Waals surface area contributed by atoms with Gasteiger partial charge in [0, 0.05) is 18.0 Å². The Morgan fingerprint density at radius 2 is 1.67 bits per heavy atom. The van der Waals surface area contributed by atoms with Crippen LogP contribution in [0.25, 0.3) is 0 Å². The van der Waals surface area contributed by atoms with Crippen LogP contribution in [0.5, 0.6) is 0 Å². The van der Waals surface area contributed by atoms with Crippen molar-refractivity contribution >= 4 is 15.6 Å². The second-order valence-electron chi connectivity index (χ2n) is 4.72. The van der Waals surface area contributed by atoms with Gasteiger partial charge >= 0.3 is 0 Å². The van der Waals surface area contributed by atoms with E-state index < -0.39 is 15.1 Å². The Kier molecular flexibility index (Phi) is 4.65. The third-order valence-corrected chi connectivity index (χ3v) is 4.80. The summed E-state index contributed by atoms with van der Waals surface area (Å²) in [6.45, 7) is 5.02. The molecule has 0 bridgehead atoms. The Hall–Kier alpha value is -1.20. The number of carbonyl (C=O) groups is 1. The summed E-state index contributed by atoms with van der Waals surface area (Å²) in [5.74, 6) is -0.0708. The average molecular weight is 269 g/mol.